The summed E-state index contributed by atoms with van der Waals surface area (Å²) in [5.41, 5.74) is 13.5. The first kappa shape index (κ1) is 27.9. The van der Waals surface area contributed by atoms with Crippen molar-refractivity contribution < 1.29 is 0 Å². The van der Waals surface area contributed by atoms with Crippen molar-refractivity contribution in [3.05, 3.63) is 187 Å². The van der Waals surface area contributed by atoms with Crippen LogP contribution in [0, 0.1) is 0 Å². The monoisotopic (exact) mass is 589 g/mol. The molecule has 0 spiro atoms. The Balaban J connectivity index is 1.16. The van der Waals surface area contributed by atoms with Crippen molar-refractivity contribution in [2.24, 2.45) is 0 Å². The summed E-state index contributed by atoms with van der Waals surface area (Å²) >= 11 is 0. The van der Waals surface area contributed by atoms with Crippen LogP contribution >= 0.6 is 0 Å². The maximum absolute atomic E-state index is 2.36. The molecular weight excluding hydrogens is 555 g/mol. The molecule has 0 N–H and O–H groups in total. The molecule has 0 bridgehead atoms. The Morgan fingerprint density at radius 1 is 0.391 bits per heavy atom. The molecule has 7 aromatic carbocycles. The normalized spacial score (nSPS) is 13.3. The van der Waals surface area contributed by atoms with Gasteiger partial charge in [0.05, 0.1) is 0 Å². The van der Waals surface area contributed by atoms with E-state index in [0.29, 0.717) is 0 Å². The predicted octanol–water partition coefficient (Wildman–Crippen LogP) is 12.5. The predicted molar refractivity (Wildman–Crippen MR) is 197 cm³/mol. The van der Waals surface area contributed by atoms with Gasteiger partial charge in [0.25, 0.3) is 0 Å². The second kappa shape index (κ2) is 11.4. The zero-order valence-corrected chi connectivity index (χ0v) is 26.2. The van der Waals surface area contributed by atoms with Crippen molar-refractivity contribution in [3.63, 3.8) is 0 Å². The van der Waals surface area contributed by atoms with Crippen LogP contribution in [0.5, 0.6) is 0 Å². The minimum Gasteiger partial charge on any atom is -0.311 e. The minimum atomic E-state index is -0.0380. The highest BCUT2D eigenvalue weighted by Crippen LogP contribution is 2.47. The van der Waals surface area contributed by atoms with Crippen LogP contribution in [-0.2, 0) is 5.41 Å². The standard InChI is InChI=1S/C45H35N/c1-45(2)43-15-9-8-14-39(43)31-44(45)36-22-28-42(29-23-36)46(40-24-18-34(19-25-40)32-10-4-3-5-11-32)41-26-20-35(21-27-41)38-17-16-33-12-6-7-13-37(33)30-38/h3-31H,1-2H3. The number of fused-ring (bicyclic) bond motifs is 2. The summed E-state index contributed by atoms with van der Waals surface area (Å²) in [6, 6.07) is 61.5. The van der Waals surface area contributed by atoms with Crippen LogP contribution in [0.25, 0.3) is 44.7 Å². The third-order valence-corrected chi connectivity index (χ3v) is 9.48. The molecule has 0 heterocycles. The van der Waals surface area contributed by atoms with E-state index in [9.17, 15) is 0 Å². The van der Waals surface area contributed by atoms with E-state index in [4.69, 9.17) is 0 Å². The van der Waals surface area contributed by atoms with Gasteiger partial charge in [0.2, 0.25) is 0 Å². The van der Waals surface area contributed by atoms with Crippen LogP contribution in [0.2, 0.25) is 0 Å². The molecular formula is C45H35N. The average molecular weight is 590 g/mol. The summed E-state index contributed by atoms with van der Waals surface area (Å²) in [5.74, 6) is 0. The molecule has 0 aliphatic heterocycles. The van der Waals surface area contributed by atoms with Gasteiger partial charge in [0.15, 0.2) is 0 Å². The summed E-state index contributed by atoms with van der Waals surface area (Å²) in [7, 11) is 0. The van der Waals surface area contributed by atoms with Gasteiger partial charge >= 0.3 is 0 Å². The number of anilines is 3. The van der Waals surface area contributed by atoms with Gasteiger partial charge in [-0.1, -0.05) is 141 Å². The average Bonchev–Trinajstić information content (AvgIpc) is 3.39. The second-order valence-corrected chi connectivity index (χ2v) is 12.7. The quantitative estimate of drug-likeness (QED) is 0.186. The largest absolute Gasteiger partial charge is 0.311 e. The first-order valence-electron chi connectivity index (χ1n) is 16.0. The molecule has 1 nitrogen and oxygen atoms in total. The second-order valence-electron chi connectivity index (χ2n) is 12.7. The lowest BCUT2D eigenvalue weighted by atomic mass is 9.78. The molecule has 0 saturated carbocycles. The van der Waals surface area contributed by atoms with Gasteiger partial charge in [-0.2, -0.15) is 0 Å². The van der Waals surface area contributed by atoms with Gasteiger partial charge in [-0.25, -0.2) is 0 Å². The van der Waals surface area contributed by atoms with Crippen molar-refractivity contribution in [1.82, 2.24) is 0 Å². The van der Waals surface area contributed by atoms with Crippen molar-refractivity contribution in [2.75, 3.05) is 4.90 Å². The SMILES string of the molecule is CC1(C)C(c2ccc(N(c3ccc(-c4ccccc4)cc3)c3ccc(-c4ccc5ccccc5c4)cc3)cc2)=Cc2ccccc21. The molecule has 1 aliphatic rings. The molecule has 220 valence electrons. The number of hydrogen-bond donors (Lipinski definition) is 0. The summed E-state index contributed by atoms with van der Waals surface area (Å²) in [6.07, 6.45) is 2.36. The minimum absolute atomic E-state index is 0.0380. The number of allylic oxidation sites excluding steroid dienone is 1. The fourth-order valence-electron chi connectivity index (χ4n) is 6.96. The zero-order valence-electron chi connectivity index (χ0n) is 26.2. The van der Waals surface area contributed by atoms with Crippen LogP contribution in [0.15, 0.2) is 170 Å². The molecule has 0 saturated heterocycles. The van der Waals surface area contributed by atoms with Crippen LogP contribution in [0.3, 0.4) is 0 Å². The zero-order chi connectivity index (χ0) is 31.1. The topological polar surface area (TPSA) is 3.24 Å². The molecule has 46 heavy (non-hydrogen) atoms. The summed E-state index contributed by atoms with van der Waals surface area (Å²) in [4.78, 5) is 2.35. The number of benzene rings is 7. The van der Waals surface area contributed by atoms with E-state index >= 15 is 0 Å². The smallest absolute Gasteiger partial charge is 0.0462 e. The van der Waals surface area contributed by atoms with E-state index in [1.54, 1.807) is 0 Å². The lowest BCUT2D eigenvalue weighted by molar-refractivity contribution is 0.704. The van der Waals surface area contributed by atoms with Crippen molar-refractivity contribution in [3.8, 4) is 22.3 Å². The third-order valence-electron chi connectivity index (χ3n) is 9.48. The van der Waals surface area contributed by atoms with Gasteiger partial charge in [0.1, 0.15) is 0 Å². The third kappa shape index (κ3) is 5.01. The fraction of sp³-hybridized carbons (Fsp3) is 0.0667. The lowest BCUT2D eigenvalue weighted by Gasteiger charge is -2.28. The van der Waals surface area contributed by atoms with Crippen LogP contribution in [-0.4, -0.2) is 0 Å². The molecule has 1 heteroatoms. The molecule has 0 amide bonds. The van der Waals surface area contributed by atoms with Gasteiger partial charge in [-0.05, 0) is 104 Å². The molecule has 0 aromatic heterocycles. The Morgan fingerprint density at radius 2 is 0.870 bits per heavy atom. The van der Waals surface area contributed by atoms with E-state index in [0.717, 1.165) is 17.1 Å². The maximum Gasteiger partial charge on any atom is 0.0462 e. The van der Waals surface area contributed by atoms with Gasteiger partial charge < -0.3 is 4.90 Å². The summed E-state index contributed by atoms with van der Waals surface area (Å²) in [5, 5.41) is 2.52. The van der Waals surface area contributed by atoms with Crippen molar-refractivity contribution >= 4 is 39.5 Å². The highest BCUT2D eigenvalue weighted by atomic mass is 15.1. The number of hydrogen-bond acceptors (Lipinski definition) is 1. The van der Waals surface area contributed by atoms with Gasteiger partial charge in [-0.15, -0.1) is 0 Å². The molecule has 7 aromatic rings. The summed E-state index contributed by atoms with van der Waals surface area (Å²) < 4.78 is 0. The Bertz CT molecular complexity index is 2190. The van der Waals surface area contributed by atoms with Crippen LogP contribution < -0.4 is 4.90 Å². The van der Waals surface area contributed by atoms with Crippen LogP contribution in [0.1, 0.15) is 30.5 Å². The lowest BCUT2D eigenvalue weighted by Crippen LogP contribution is -2.16. The molecule has 0 atom stereocenters. The van der Waals surface area contributed by atoms with Gasteiger partial charge in [0, 0.05) is 22.5 Å². The first-order chi connectivity index (χ1) is 22.5. The van der Waals surface area contributed by atoms with E-state index in [1.165, 1.54) is 55.3 Å². The molecule has 0 fully saturated rings. The summed E-state index contributed by atoms with van der Waals surface area (Å²) in [6.45, 7) is 4.66. The molecule has 8 rings (SSSR count). The van der Waals surface area contributed by atoms with Crippen molar-refractivity contribution in [1.29, 1.82) is 0 Å². The fourth-order valence-corrected chi connectivity index (χ4v) is 6.96. The molecule has 0 radical (unpaired) electrons. The Kier molecular flexibility index (Phi) is 6.88. The Labute approximate surface area is 271 Å². The molecule has 0 unspecified atom stereocenters. The van der Waals surface area contributed by atoms with E-state index in [1.807, 2.05) is 0 Å². The Morgan fingerprint density at radius 3 is 1.50 bits per heavy atom. The van der Waals surface area contributed by atoms with E-state index < -0.39 is 0 Å². The Hall–Kier alpha value is -5.66. The van der Waals surface area contributed by atoms with E-state index in [-0.39, 0.29) is 5.41 Å². The number of rotatable bonds is 6. The van der Waals surface area contributed by atoms with Crippen LogP contribution in [0.4, 0.5) is 17.1 Å². The van der Waals surface area contributed by atoms with Gasteiger partial charge in [-0.3, -0.25) is 0 Å². The highest BCUT2D eigenvalue weighted by Gasteiger charge is 2.33. The molecule has 1 aliphatic carbocycles. The van der Waals surface area contributed by atoms with Crippen molar-refractivity contribution in [2.45, 2.75) is 19.3 Å². The maximum atomic E-state index is 2.36. The highest BCUT2D eigenvalue weighted by molar-refractivity contribution is 5.94. The van der Waals surface area contributed by atoms with E-state index in [2.05, 4.69) is 195 Å². The first-order valence-corrected chi connectivity index (χ1v) is 16.0. The number of nitrogens with zero attached hydrogens (tertiary/aromatic N) is 1.